The first kappa shape index (κ1) is 13.4. The molecular formula is C16H18N4O. The third kappa shape index (κ3) is 2.67. The molecule has 21 heavy (non-hydrogen) atoms. The molecule has 0 bridgehead atoms. The molecule has 3 rings (SSSR count). The quantitative estimate of drug-likeness (QED) is 0.778. The van der Waals surface area contributed by atoms with Gasteiger partial charge in [0.25, 0.3) is 0 Å². The van der Waals surface area contributed by atoms with Gasteiger partial charge in [-0.2, -0.15) is 4.98 Å². The number of para-hydroxylation sites is 1. The van der Waals surface area contributed by atoms with Gasteiger partial charge in [-0.15, -0.1) is 0 Å². The molecule has 0 aliphatic heterocycles. The van der Waals surface area contributed by atoms with Crippen molar-refractivity contribution in [3.8, 4) is 0 Å². The van der Waals surface area contributed by atoms with Crippen molar-refractivity contribution in [2.24, 2.45) is 0 Å². The molecule has 0 saturated carbocycles. The lowest BCUT2D eigenvalue weighted by atomic mass is 10.2. The van der Waals surface area contributed by atoms with Crippen LogP contribution in [0.3, 0.4) is 0 Å². The molecule has 2 aromatic heterocycles. The number of benzene rings is 1. The molecule has 0 radical (unpaired) electrons. The van der Waals surface area contributed by atoms with Crippen LogP contribution >= 0.6 is 0 Å². The van der Waals surface area contributed by atoms with Gasteiger partial charge in [-0.3, -0.25) is 0 Å². The van der Waals surface area contributed by atoms with E-state index >= 15 is 0 Å². The van der Waals surface area contributed by atoms with Crippen molar-refractivity contribution in [1.82, 2.24) is 9.97 Å². The summed E-state index contributed by atoms with van der Waals surface area (Å²) in [6.45, 7) is 3.64. The number of nitrogens with one attached hydrogen (secondary N) is 1. The molecule has 108 valence electrons. The van der Waals surface area contributed by atoms with Gasteiger partial charge < -0.3 is 14.6 Å². The average Bonchev–Trinajstić information content (AvgIpc) is 3.04. The minimum Gasteiger partial charge on any atom is -0.467 e. The molecular weight excluding hydrogens is 264 g/mol. The Morgan fingerprint density at radius 3 is 2.71 bits per heavy atom. The topological polar surface area (TPSA) is 54.2 Å². The first-order valence-electron chi connectivity index (χ1n) is 7.03. The van der Waals surface area contributed by atoms with E-state index in [1.165, 1.54) is 0 Å². The number of hydrogen-bond donors (Lipinski definition) is 1. The summed E-state index contributed by atoms with van der Waals surface area (Å²) in [6.07, 6.45) is 1.69. The molecule has 0 atom stereocenters. The van der Waals surface area contributed by atoms with Crippen LogP contribution in [0.4, 0.5) is 11.8 Å². The number of aromatic nitrogens is 2. The number of nitrogens with zero attached hydrogens (tertiary/aromatic N) is 3. The molecule has 5 nitrogen and oxygen atoms in total. The largest absolute Gasteiger partial charge is 0.467 e. The Balaban J connectivity index is 2.07. The van der Waals surface area contributed by atoms with Crippen LogP contribution in [0.1, 0.15) is 12.7 Å². The van der Waals surface area contributed by atoms with Crippen molar-refractivity contribution in [3.63, 3.8) is 0 Å². The Hall–Kier alpha value is -2.56. The predicted molar refractivity (Wildman–Crippen MR) is 84.5 cm³/mol. The van der Waals surface area contributed by atoms with Crippen LogP contribution in [0.25, 0.3) is 10.9 Å². The smallest absolute Gasteiger partial charge is 0.224 e. The fourth-order valence-electron chi connectivity index (χ4n) is 2.34. The van der Waals surface area contributed by atoms with E-state index in [0.29, 0.717) is 12.5 Å². The highest BCUT2D eigenvalue weighted by molar-refractivity contribution is 5.90. The zero-order valence-corrected chi connectivity index (χ0v) is 12.2. The normalized spacial score (nSPS) is 10.8. The highest BCUT2D eigenvalue weighted by atomic mass is 16.3. The van der Waals surface area contributed by atoms with Crippen molar-refractivity contribution in [1.29, 1.82) is 0 Å². The van der Waals surface area contributed by atoms with Crippen LogP contribution in [0, 0.1) is 0 Å². The highest BCUT2D eigenvalue weighted by Crippen LogP contribution is 2.26. The summed E-state index contributed by atoms with van der Waals surface area (Å²) in [6, 6.07) is 11.9. The van der Waals surface area contributed by atoms with E-state index in [-0.39, 0.29) is 0 Å². The van der Waals surface area contributed by atoms with Gasteiger partial charge in [0.05, 0.1) is 18.3 Å². The average molecular weight is 282 g/mol. The predicted octanol–water partition coefficient (Wildman–Crippen LogP) is 3.29. The van der Waals surface area contributed by atoms with Crippen LogP contribution in [0.5, 0.6) is 0 Å². The van der Waals surface area contributed by atoms with Gasteiger partial charge in [-0.25, -0.2) is 4.98 Å². The zero-order valence-electron chi connectivity index (χ0n) is 12.2. The van der Waals surface area contributed by atoms with Gasteiger partial charge in [0.15, 0.2) is 0 Å². The van der Waals surface area contributed by atoms with Crippen molar-refractivity contribution in [2.45, 2.75) is 13.5 Å². The van der Waals surface area contributed by atoms with Crippen molar-refractivity contribution < 1.29 is 4.42 Å². The third-order valence-electron chi connectivity index (χ3n) is 3.41. The molecule has 1 aromatic carbocycles. The Labute approximate surface area is 123 Å². The maximum atomic E-state index is 5.46. The molecule has 0 aliphatic rings. The summed E-state index contributed by atoms with van der Waals surface area (Å²) in [5.41, 5.74) is 0.935. The van der Waals surface area contributed by atoms with Gasteiger partial charge in [-0.05, 0) is 31.2 Å². The van der Waals surface area contributed by atoms with Crippen LogP contribution in [0.15, 0.2) is 47.1 Å². The molecule has 0 saturated heterocycles. The summed E-state index contributed by atoms with van der Waals surface area (Å²) < 4.78 is 5.46. The summed E-state index contributed by atoms with van der Waals surface area (Å²) in [7, 11) is 1.83. The lowest BCUT2D eigenvalue weighted by Crippen LogP contribution is -2.23. The second-order valence-electron chi connectivity index (χ2n) is 4.73. The minimum absolute atomic E-state index is 0.626. The van der Waals surface area contributed by atoms with E-state index < -0.39 is 0 Å². The lowest BCUT2D eigenvalue weighted by Gasteiger charge is -2.22. The number of anilines is 2. The van der Waals surface area contributed by atoms with Crippen LogP contribution in [-0.2, 0) is 6.54 Å². The first-order chi connectivity index (χ1) is 10.3. The minimum atomic E-state index is 0.626. The van der Waals surface area contributed by atoms with Gasteiger partial charge in [0, 0.05) is 19.0 Å². The Morgan fingerprint density at radius 1 is 1.14 bits per heavy atom. The molecule has 1 N–H and O–H groups in total. The fraction of sp³-hybridized carbons (Fsp3) is 0.250. The highest BCUT2D eigenvalue weighted by Gasteiger charge is 2.14. The second-order valence-corrected chi connectivity index (χ2v) is 4.73. The number of rotatable bonds is 5. The van der Waals surface area contributed by atoms with Gasteiger partial charge in [0.2, 0.25) is 5.95 Å². The SMILES string of the molecule is CCN(Cc1ccco1)c1nc(NC)nc2ccccc12. The van der Waals surface area contributed by atoms with E-state index in [9.17, 15) is 0 Å². The van der Waals surface area contributed by atoms with Crippen LogP contribution in [-0.4, -0.2) is 23.6 Å². The molecule has 2 heterocycles. The van der Waals surface area contributed by atoms with E-state index in [1.54, 1.807) is 6.26 Å². The maximum absolute atomic E-state index is 5.46. The molecule has 0 amide bonds. The van der Waals surface area contributed by atoms with Crippen LogP contribution in [0.2, 0.25) is 0 Å². The monoisotopic (exact) mass is 282 g/mol. The van der Waals surface area contributed by atoms with Gasteiger partial charge in [0.1, 0.15) is 11.6 Å². The maximum Gasteiger partial charge on any atom is 0.224 e. The van der Waals surface area contributed by atoms with E-state index in [1.807, 2.05) is 37.4 Å². The summed E-state index contributed by atoms with van der Waals surface area (Å²) in [4.78, 5) is 11.3. The lowest BCUT2D eigenvalue weighted by molar-refractivity contribution is 0.503. The zero-order chi connectivity index (χ0) is 14.7. The van der Waals surface area contributed by atoms with Crippen molar-refractivity contribution >= 4 is 22.7 Å². The molecule has 5 heteroatoms. The summed E-state index contributed by atoms with van der Waals surface area (Å²) in [5.74, 6) is 2.47. The molecule has 0 spiro atoms. The molecule has 0 aliphatic carbocycles. The molecule has 0 unspecified atom stereocenters. The van der Waals surface area contributed by atoms with Crippen molar-refractivity contribution in [2.75, 3.05) is 23.8 Å². The second kappa shape index (κ2) is 5.83. The van der Waals surface area contributed by atoms with E-state index in [4.69, 9.17) is 4.42 Å². The first-order valence-corrected chi connectivity index (χ1v) is 7.03. The number of fused-ring (bicyclic) bond motifs is 1. The standard InChI is InChI=1S/C16H18N4O/c1-3-20(11-12-7-6-10-21-12)15-13-8-4-5-9-14(13)18-16(17-2)19-15/h4-10H,3,11H2,1-2H3,(H,17,18,19). The Kier molecular flexibility index (Phi) is 3.73. The molecule has 3 aromatic rings. The Bertz CT molecular complexity index is 724. The Morgan fingerprint density at radius 2 is 2.00 bits per heavy atom. The van der Waals surface area contributed by atoms with Gasteiger partial charge >= 0.3 is 0 Å². The number of hydrogen-bond acceptors (Lipinski definition) is 5. The van der Waals surface area contributed by atoms with Gasteiger partial charge in [-0.1, -0.05) is 12.1 Å². The summed E-state index contributed by atoms with van der Waals surface area (Å²) in [5, 5.41) is 4.07. The van der Waals surface area contributed by atoms with Crippen LogP contribution < -0.4 is 10.2 Å². The third-order valence-corrected chi connectivity index (χ3v) is 3.41. The van der Waals surface area contributed by atoms with Crippen molar-refractivity contribution in [3.05, 3.63) is 48.4 Å². The van der Waals surface area contributed by atoms with E-state index in [0.717, 1.165) is 29.0 Å². The summed E-state index contributed by atoms with van der Waals surface area (Å²) >= 11 is 0. The van der Waals surface area contributed by atoms with E-state index in [2.05, 4.69) is 33.2 Å². The fourth-order valence-corrected chi connectivity index (χ4v) is 2.34. The molecule has 0 fully saturated rings. The number of furan rings is 1.